The van der Waals surface area contributed by atoms with Gasteiger partial charge in [-0.05, 0) is 0 Å². The molecular formula is C7H4F3NO3. The van der Waals surface area contributed by atoms with Gasteiger partial charge in [-0.15, -0.1) is 0 Å². The zero-order chi connectivity index (χ0) is 10.9. The first kappa shape index (κ1) is 10.3. The Labute approximate surface area is 75.0 Å². The van der Waals surface area contributed by atoms with Crippen LogP contribution in [-0.2, 0) is 0 Å². The number of pyridine rings is 1. The van der Waals surface area contributed by atoms with Gasteiger partial charge >= 0.3 is 5.97 Å². The van der Waals surface area contributed by atoms with Gasteiger partial charge in [-0.1, -0.05) is 0 Å². The molecule has 0 atom stereocenters. The van der Waals surface area contributed by atoms with Gasteiger partial charge in [-0.3, -0.25) is 4.79 Å². The number of carboxylic acids is 1. The molecular weight excluding hydrogens is 203 g/mol. The quantitative estimate of drug-likeness (QED) is 0.764. The number of aromatic nitrogens is 1. The van der Waals surface area contributed by atoms with Crippen molar-refractivity contribution in [3.63, 3.8) is 0 Å². The molecule has 1 aromatic rings. The van der Waals surface area contributed by atoms with E-state index in [1.54, 1.807) is 4.98 Å². The van der Waals surface area contributed by atoms with E-state index in [0.717, 1.165) is 0 Å². The highest BCUT2D eigenvalue weighted by Crippen LogP contribution is 2.22. The Bertz CT molecular complexity index is 427. The van der Waals surface area contributed by atoms with Gasteiger partial charge in [0.1, 0.15) is 5.56 Å². The predicted molar refractivity (Wildman–Crippen MR) is 38.9 cm³/mol. The molecule has 0 aromatic carbocycles. The van der Waals surface area contributed by atoms with E-state index in [-0.39, 0.29) is 0 Å². The smallest absolute Gasteiger partial charge is 0.339 e. The van der Waals surface area contributed by atoms with Crippen molar-refractivity contribution in [3.05, 3.63) is 33.5 Å². The van der Waals surface area contributed by atoms with Crippen molar-refractivity contribution in [2.45, 2.75) is 6.43 Å². The fraction of sp³-hybridized carbons (Fsp3) is 0.143. The van der Waals surface area contributed by atoms with Crippen molar-refractivity contribution in [1.29, 1.82) is 0 Å². The molecule has 1 heterocycles. The molecule has 0 unspecified atom stereocenters. The third-order valence-corrected chi connectivity index (χ3v) is 1.52. The number of alkyl halides is 2. The molecule has 76 valence electrons. The molecule has 0 amide bonds. The molecule has 14 heavy (non-hydrogen) atoms. The molecule has 0 saturated heterocycles. The van der Waals surface area contributed by atoms with E-state index in [4.69, 9.17) is 5.11 Å². The average Bonchev–Trinajstić information content (AvgIpc) is 2.08. The highest BCUT2D eigenvalue weighted by atomic mass is 19.3. The van der Waals surface area contributed by atoms with Crippen LogP contribution in [0.3, 0.4) is 0 Å². The molecule has 1 rings (SSSR count). The van der Waals surface area contributed by atoms with E-state index in [1.807, 2.05) is 0 Å². The third kappa shape index (κ3) is 1.61. The van der Waals surface area contributed by atoms with Crippen molar-refractivity contribution < 1.29 is 23.1 Å². The Balaban J connectivity index is 3.54. The van der Waals surface area contributed by atoms with Gasteiger partial charge in [0.15, 0.2) is 0 Å². The lowest BCUT2D eigenvalue weighted by molar-refractivity contribution is 0.0677. The number of aromatic amines is 1. The van der Waals surface area contributed by atoms with E-state index < -0.39 is 34.9 Å². The average molecular weight is 207 g/mol. The highest BCUT2D eigenvalue weighted by molar-refractivity contribution is 5.89. The SMILES string of the molecule is O=C(O)c1c(C(F)F)c[nH]c(=O)c1F. The third-order valence-electron chi connectivity index (χ3n) is 1.52. The van der Waals surface area contributed by atoms with E-state index in [0.29, 0.717) is 6.20 Å². The number of hydrogen-bond donors (Lipinski definition) is 2. The summed E-state index contributed by atoms with van der Waals surface area (Å²) in [7, 11) is 0. The molecule has 0 fully saturated rings. The largest absolute Gasteiger partial charge is 0.478 e. The summed E-state index contributed by atoms with van der Waals surface area (Å²) in [5, 5.41) is 8.39. The molecule has 0 saturated carbocycles. The van der Waals surface area contributed by atoms with Crippen LogP contribution in [-0.4, -0.2) is 16.1 Å². The van der Waals surface area contributed by atoms with E-state index >= 15 is 0 Å². The molecule has 2 N–H and O–H groups in total. The fourth-order valence-corrected chi connectivity index (χ4v) is 0.909. The lowest BCUT2D eigenvalue weighted by Crippen LogP contribution is -2.19. The first-order valence-corrected chi connectivity index (χ1v) is 3.37. The maximum Gasteiger partial charge on any atom is 0.339 e. The van der Waals surface area contributed by atoms with Crippen LogP contribution in [0.15, 0.2) is 11.0 Å². The monoisotopic (exact) mass is 207 g/mol. The van der Waals surface area contributed by atoms with E-state index in [2.05, 4.69) is 0 Å². The molecule has 7 heteroatoms. The minimum atomic E-state index is -3.16. The van der Waals surface area contributed by atoms with Gasteiger partial charge in [0.25, 0.3) is 12.0 Å². The van der Waals surface area contributed by atoms with Crippen molar-refractivity contribution in [2.24, 2.45) is 0 Å². The lowest BCUT2D eigenvalue weighted by Gasteiger charge is -2.04. The minimum absolute atomic E-state index is 0.486. The van der Waals surface area contributed by atoms with Gasteiger partial charge in [0.2, 0.25) is 5.82 Å². The van der Waals surface area contributed by atoms with Crippen LogP contribution in [0.4, 0.5) is 13.2 Å². The summed E-state index contributed by atoms with van der Waals surface area (Å²) in [6.07, 6.45) is -2.67. The van der Waals surface area contributed by atoms with Crippen LogP contribution in [0, 0.1) is 5.82 Å². The Morgan fingerprint density at radius 1 is 1.50 bits per heavy atom. The number of H-pyrrole nitrogens is 1. The summed E-state index contributed by atoms with van der Waals surface area (Å²) in [6.45, 7) is 0. The minimum Gasteiger partial charge on any atom is -0.478 e. The number of rotatable bonds is 2. The first-order valence-electron chi connectivity index (χ1n) is 3.37. The van der Waals surface area contributed by atoms with Crippen molar-refractivity contribution in [2.75, 3.05) is 0 Å². The molecule has 0 spiro atoms. The zero-order valence-electron chi connectivity index (χ0n) is 6.55. The molecule has 0 aliphatic heterocycles. The molecule has 0 aliphatic carbocycles. The Morgan fingerprint density at radius 2 is 2.07 bits per heavy atom. The molecule has 0 aliphatic rings. The van der Waals surface area contributed by atoms with Crippen LogP contribution >= 0.6 is 0 Å². The molecule has 0 bridgehead atoms. The number of aromatic carboxylic acids is 1. The summed E-state index contributed by atoms with van der Waals surface area (Å²) >= 11 is 0. The van der Waals surface area contributed by atoms with Crippen LogP contribution in [0.2, 0.25) is 0 Å². The van der Waals surface area contributed by atoms with Gasteiger partial charge in [0.05, 0.1) is 5.56 Å². The molecule has 0 radical (unpaired) electrons. The normalized spacial score (nSPS) is 10.6. The first-order chi connectivity index (χ1) is 6.45. The van der Waals surface area contributed by atoms with E-state index in [9.17, 15) is 22.8 Å². The summed E-state index contributed by atoms with van der Waals surface area (Å²) in [5.41, 5.74) is -3.68. The summed E-state index contributed by atoms with van der Waals surface area (Å²) in [6, 6.07) is 0. The summed E-state index contributed by atoms with van der Waals surface area (Å²) in [4.78, 5) is 22.6. The maximum atomic E-state index is 12.8. The molecule has 4 nitrogen and oxygen atoms in total. The van der Waals surface area contributed by atoms with Gasteiger partial charge in [-0.25, -0.2) is 13.6 Å². The maximum absolute atomic E-state index is 12.8. The number of carboxylic acid groups (broad SMARTS) is 1. The van der Waals surface area contributed by atoms with Crippen LogP contribution in [0.25, 0.3) is 0 Å². The van der Waals surface area contributed by atoms with Gasteiger partial charge in [0, 0.05) is 6.20 Å². The summed E-state index contributed by atoms with van der Waals surface area (Å²) in [5.74, 6) is -3.61. The van der Waals surface area contributed by atoms with Crippen LogP contribution < -0.4 is 5.56 Å². The van der Waals surface area contributed by atoms with Crippen LogP contribution in [0.5, 0.6) is 0 Å². The second kappa shape index (κ2) is 3.52. The number of hydrogen-bond acceptors (Lipinski definition) is 2. The highest BCUT2D eigenvalue weighted by Gasteiger charge is 2.24. The van der Waals surface area contributed by atoms with E-state index in [1.165, 1.54) is 0 Å². The lowest BCUT2D eigenvalue weighted by atomic mass is 10.1. The Kier molecular flexibility index (Phi) is 2.59. The Hall–Kier alpha value is -1.79. The second-order valence-electron chi connectivity index (χ2n) is 2.37. The van der Waals surface area contributed by atoms with Gasteiger partial charge in [-0.2, -0.15) is 4.39 Å². The number of nitrogens with one attached hydrogen (secondary N) is 1. The second-order valence-corrected chi connectivity index (χ2v) is 2.37. The molecule has 1 aromatic heterocycles. The van der Waals surface area contributed by atoms with Crippen molar-refractivity contribution >= 4 is 5.97 Å². The van der Waals surface area contributed by atoms with Crippen molar-refractivity contribution in [1.82, 2.24) is 4.98 Å². The predicted octanol–water partition coefficient (Wildman–Crippen LogP) is 1.15. The fourth-order valence-electron chi connectivity index (χ4n) is 0.909. The Morgan fingerprint density at radius 3 is 2.50 bits per heavy atom. The topological polar surface area (TPSA) is 70.2 Å². The van der Waals surface area contributed by atoms with Crippen molar-refractivity contribution in [3.8, 4) is 0 Å². The van der Waals surface area contributed by atoms with Gasteiger partial charge < -0.3 is 10.1 Å². The summed E-state index contributed by atoms with van der Waals surface area (Å²) < 4.78 is 37.1. The van der Waals surface area contributed by atoms with Crippen LogP contribution in [0.1, 0.15) is 22.3 Å². The standard InChI is InChI=1S/C7H4F3NO3/c8-4-3(7(13)14)2(5(9)10)1-11-6(4)12/h1,5H,(H,11,12)(H,13,14). The number of halogens is 3. The zero-order valence-corrected chi connectivity index (χ0v) is 6.55. The number of carbonyl (C=O) groups is 1.